The highest BCUT2D eigenvalue weighted by Gasteiger charge is 2.43. The summed E-state index contributed by atoms with van der Waals surface area (Å²) >= 11 is 0. The summed E-state index contributed by atoms with van der Waals surface area (Å²) in [5, 5.41) is 2.20. The third kappa shape index (κ3) is 4.36. The summed E-state index contributed by atoms with van der Waals surface area (Å²) in [6.07, 6.45) is 3.18. The minimum absolute atomic E-state index is 0.00469. The summed E-state index contributed by atoms with van der Waals surface area (Å²) < 4.78 is 5.62. The molecule has 2 aliphatic heterocycles. The van der Waals surface area contributed by atoms with E-state index in [9.17, 15) is 4.79 Å². The van der Waals surface area contributed by atoms with Crippen molar-refractivity contribution in [2.45, 2.75) is 90.3 Å². The molecule has 0 aromatic heterocycles. The van der Waals surface area contributed by atoms with E-state index in [0.29, 0.717) is 13.2 Å². The first kappa shape index (κ1) is 21.1. The molecule has 0 spiro atoms. The Bertz CT molecular complexity index is 705. The van der Waals surface area contributed by atoms with Crippen LogP contribution in [0.15, 0.2) is 24.3 Å². The van der Waals surface area contributed by atoms with Crippen molar-refractivity contribution in [2.24, 2.45) is 0 Å². The number of rotatable bonds is 3. The first-order valence-corrected chi connectivity index (χ1v) is 10.4. The minimum atomic E-state index is -0.511. The number of ether oxygens (including phenoxy) is 1. The lowest BCUT2D eigenvalue weighted by Crippen LogP contribution is -2.58. The van der Waals surface area contributed by atoms with Crippen LogP contribution in [0.1, 0.15) is 79.2 Å². The Kier molecular flexibility index (Phi) is 5.54. The molecular formula is C23H36N2O3. The molecule has 1 atom stereocenters. The lowest BCUT2D eigenvalue weighted by atomic mass is 9.82. The van der Waals surface area contributed by atoms with Crippen molar-refractivity contribution in [2.75, 3.05) is 18.1 Å². The van der Waals surface area contributed by atoms with Gasteiger partial charge in [-0.2, -0.15) is 5.06 Å². The minimum Gasteiger partial charge on any atom is -0.443 e. The topological polar surface area (TPSA) is 42.0 Å². The number of hydroxylamine groups is 2. The number of carbonyl (C=O) groups excluding carboxylic acids is 1. The van der Waals surface area contributed by atoms with Crippen LogP contribution in [0.4, 0.5) is 10.5 Å². The van der Waals surface area contributed by atoms with Gasteiger partial charge < -0.3 is 4.74 Å². The second kappa shape index (κ2) is 7.34. The smallest absolute Gasteiger partial charge is 0.414 e. The van der Waals surface area contributed by atoms with Crippen LogP contribution >= 0.6 is 0 Å². The monoisotopic (exact) mass is 388 g/mol. The van der Waals surface area contributed by atoms with Gasteiger partial charge in [-0.15, -0.1) is 0 Å². The molecule has 2 aliphatic rings. The van der Waals surface area contributed by atoms with Gasteiger partial charge in [-0.3, -0.25) is 9.74 Å². The molecule has 0 N–H and O–H groups in total. The third-order valence-electron chi connectivity index (χ3n) is 5.77. The Morgan fingerprint density at radius 1 is 1.11 bits per heavy atom. The molecule has 1 amide bonds. The zero-order chi connectivity index (χ0) is 20.7. The maximum atomic E-state index is 12.7. The van der Waals surface area contributed by atoms with E-state index in [1.807, 2.05) is 39.0 Å². The van der Waals surface area contributed by atoms with Crippen molar-refractivity contribution in [3.63, 3.8) is 0 Å². The number of nitrogens with zero attached hydrogens (tertiary/aromatic N) is 2. The van der Waals surface area contributed by atoms with Crippen LogP contribution in [0.3, 0.4) is 0 Å². The molecule has 0 radical (unpaired) electrons. The van der Waals surface area contributed by atoms with Crippen molar-refractivity contribution in [3.05, 3.63) is 29.8 Å². The first-order chi connectivity index (χ1) is 12.9. The fourth-order valence-electron chi connectivity index (χ4n) is 4.62. The van der Waals surface area contributed by atoms with E-state index in [1.54, 1.807) is 4.90 Å². The van der Waals surface area contributed by atoms with Gasteiger partial charge in [0.05, 0.1) is 12.3 Å². The lowest BCUT2D eigenvalue weighted by molar-refractivity contribution is -0.282. The van der Waals surface area contributed by atoms with Crippen molar-refractivity contribution in [3.8, 4) is 0 Å². The van der Waals surface area contributed by atoms with Gasteiger partial charge in [-0.05, 0) is 79.4 Å². The molecule has 2 heterocycles. The quantitative estimate of drug-likeness (QED) is 0.686. The Hall–Kier alpha value is -1.59. The second-order valence-electron chi connectivity index (χ2n) is 10.4. The van der Waals surface area contributed by atoms with E-state index < -0.39 is 5.60 Å². The fraction of sp³-hybridized carbons (Fsp3) is 0.696. The van der Waals surface area contributed by atoms with E-state index in [-0.39, 0.29) is 23.1 Å². The zero-order valence-electron chi connectivity index (χ0n) is 18.5. The molecule has 1 aromatic carbocycles. The number of anilines is 1. The molecule has 1 saturated heterocycles. The number of amides is 1. The number of carbonyl (C=O) groups is 1. The Labute approximate surface area is 169 Å². The van der Waals surface area contributed by atoms with Gasteiger partial charge in [0.25, 0.3) is 0 Å². The van der Waals surface area contributed by atoms with Crippen LogP contribution < -0.4 is 4.90 Å². The van der Waals surface area contributed by atoms with E-state index in [1.165, 1.54) is 6.42 Å². The van der Waals surface area contributed by atoms with Crippen LogP contribution in [0.5, 0.6) is 0 Å². The molecular weight excluding hydrogens is 352 g/mol. The highest BCUT2D eigenvalue weighted by Crippen LogP contribution is 2.41. The van der Waals surface area contributed by atoms with Gasteiger partial charge in [-0.1, -0.05) is 18.2 Å². The van der Waals surface area contributed by atoms with Crippen molar-refractivity contribution >= 4 is 11.8 Å². The average molecular weight is 389 g/mol. The van der Waals surface area contributed by atoms with E-state index in [0.717, 1.165) is 24.1 Å². The SMILES string of the molecule is CC(C)(C)OC(=O)N1CC(CON2C(C)(C)CCCC2(C)C)c2ccccc21. The molecule has 28 heavy (non-hydrogen) atoms. The Balaban J connectivity index is 1.76. The summed E-state index contributed by atoms with van der Waals surface area (Å²) in [7, 11) is 0. The standard InChI is InChI=1S/C23H36N2O3/c1-21(2,3)28-20(26)24-15-17(18-11-8-9-12-19(18)24)16-27-25-22(4,5)13-10-14-23(25,6)7/h8-9,11-12,17H,10,13-16H2,1-7H3. The van der Waals surface area contributed by atoms with Crippen LogP contribution in [0.25, 0.3) is 0 Å². The van der Waals surface area contributed by atoms with E-state index >= 15 is 0 Å². The number of hydrogen-bond donors (Lipinski definition) is 0. The Morgan fingerprint density at radius 2 is 1.71 bits per heavy atom. The van der Waals surface area contributed by atoms with E-state index in [4.69, 9.17) is 9.57 Å². The molecule has 1 aromatic rings. The number of benzene rings is 1. The molecule has 0 saturated carbocycles. The van der Waals surface area contributed by atoms with Crippen molar-refractivity contribution in [1.82, 2.24) is 5.06 Å². The number of fused-ring (bicyclic) bond motifs is 1. The highest BCUT2D eigenvalue weighted by atomic mass is 16.7. The molecule has 0 bridgehead atoms. The third-order valence-corrected chi connectivity index (χ3v) is 5.77. The lowest BCUT2D eigenvalue weighted by Gasteiger charge is -2.51. The maximum Gasteiger partial charge on any atom is 0.414 e. The average Bonchev–Trinajstić information content (AvgIpc) is 2.91. The molecule has 3 rings (SSSR count). The maximum absolute atomic E-state index is 12.7. The van der Waals surface area contributed by atoms with Crippen LogP contribution in [0, 0.1) is 0 Å². The largest absolute Gasteiger partial charge is 0.443 e. The molecule has 0 aliphatic carbocycles. The Morgan fingerprint density at radius 3 is 2.32 bits per heavy atom. The van der Waals surface area contributed by atoms with Crippen molar-refractivity contribution in [1.29, 1.82) is 0 Å². The van der Waals surface area contributed by atoms with Gasteiger partial charge in [0.1, 0.15) is 5.60 Å². The summed E-state index contributed by atoms with van der Waals surface area (Å²) in [6, 6.07) is 8.09. The summed E-state index contributed by atoms with van der Waals surface area (Å²) in [6.45, 7) is 15.8. The summed E-state index contributed by atoms with van der Waals surface area (Å²) in [5.74, 6) is 0.136. The van der Waals surface area contributed by atoms with Crippen LogP contribution in [-0.4, -0.2) is 41.0 Å². The van der Waals surface area contributed by atoms with Gasteiger partial charge in [0.15, 0.2) is 0 Å². The van der Waals surface area contributed by atoms with Crippen molar-refractivity contribution < 1.29 is 14.4 Å². The molecule has 5 heteroatoms. The fourth-order valence-corrected chi connectivity index (χ4v) is 4.62. The van der Waals surface area contributed by atoms with Gasteiger partial charge in [0.2, 0.25) is 0 Å². The summed E-state index contributed by atoms with van der Waals surface area (Å²) in [5.41, 5.74) is 1.58. The normalized spacial score (nSPS) is 24.1. The van der Waals surface area contributed by atoms with Crippen LogP contribution in [-0.2, 0) is 9.57 Å². The number of piperidine rings is 1. The van der Waals surface area contributed by atoms with Gasteiger partial charge >= 0.3 is 6.09 Å². The van der Waals surface area contributed by atoms with E-state index in [2.05, 4.69) is 38.8 Å². The predicted octanol–water partition coefficient (Wildman–Crippen LogP) is 5.50. The number of hydrogen-bond acceptors (Lipinski definition) is 4. The van der Waals surface area contributed by atoms with Gasteiger partial charge in [-0.25, -0.2) is 4.79 Å². The van der Waals surface area contributed by atoms with Gasteiger partial charge in [0, 0.05) is 23.5 Å². The zero-order valence-corrected chi connectivity index (χ0v) is 18.5. The molecule has 5 nitrogen and oxygen atoms in total. The molecule has 1 unspecified atom stereocenters. The summed E-state index contributed by atoms with van der Waals surface area (Å²) in [4.78, 5) is 20.9. The number of para-hydroxylation sites is 1. The molecule has 156 valence electrons. The highest BCUT2D eigenvalue weighted by molar-refractivity contribution is 5.91. The molecule has 1 fully saturated rings. The predicted molar refractivity (Wildman–Crippen MR) is 113 cm³/mol. The first-order valence-electron chi connectivity index (χ1n) is 10.4. The van der Waals surface area contributed by atoms with Crippen LogP contribution in [0.2, 0.25) is 0 Å². The second-order valence-corrected chi connectivity index (χ2v) is 10.4.